The number of carbonyl (C=O) groups excluding carboxylic acids is 1. The minimum Gasteiger partial charge on any atom is -0.466 e. The van der Waals surface area contributed by atoms with Crippen molar-refractivity contribution >= 4 is 16.1 Å². The lowest BCUT2D eigenvalue weighted by Gasteiger charge is -2.32. The number of esters is 1. The van der Waals surface area contributed by atoms with E-state index in [2.05, 4.69) is 8.92 Å². The lowest BCUT2D eigenvalue weighted by molar-refractivity contribution is -0.382. The molecule has 26 heavy (non-hydrogen) atoms. The monoisotopic (exact) mass is 424 g/mol. The van der Waals surface area contributed by atoms with Gasteiger partial charge in [-0.25, -0.2) is 4.79 Å². The largest absolute Gasteiger partial charge is 0.466 e. The number of hydrogen-bond donors (Lipinski definition) is 0. The summed E-state index contributed by atoms with van der Waals surface area (Å²) in [5.41, 5.74) is -0.655. The smallest absolute Gasteiger partial charge is 0.460 e. The summed E-state index contributed by atoms with van der Waals surface area (Å²) in [5.74, 6) is -17.2. The normalized spacial score (nSPS) is 17.5. The molecule has 0 aromatic carbocycles. The molecule has 0 saturated carbocycles. The Morgan fingerprint density at radius 2 is 1.42 bits per heavy atom. The van der Waals surface area contributed by atoms with E-state index in [1.54, 1.807) is 0 Å². The van der Waals surface area contributed by atoms with Crippen LogP contribution in [0.1, 0.15) is 19.3 Å². The molecule has 0 saturated heterocycles. The Morgan fingerprint density at radius 1 is 0.923 bits per heavy atom. The summed E-state index contributed by atoms with van der Waals surface area (Å²) in [6.07, 6.45) is -8.09. The molecule has 0 fully saturated rings. The second kappa shape index (κ2) is 6.49. The van der Waals surface area contributed by atoms with Gasteiger partial charge in [0.25, 0.3) is 0 Å². The van der Waals surface area contributed by atoms with Crippen molar-refractivity contribution in [3.63, 3.8) is 0 Å². The SMILES string of the molecule is COC(=O)C1=C(OS(=O)(=O)C(F)(F)C(F)(F)C(F)(F)C(F)(F)F)CCC1. The number of carbonyl (C=O) groups is 1. The number of allylic oxidation sites excluding steroid dienone is 1. The molecule has 152 valence electrons. The predicted octanol–water partition coefficient (Wildman–Crippen LogP) is 3.37. The second-order valence-corrected chi connectivity index (χ2v) is 6.54. The second-order valence-electron chi connectivity index (χ2n) is 4.95. The molecule has 0 N–H and O–H groups in total. The fraction of sp³-hybridized carbons (Fsp3) is 0.727. The van der Waals surface area contributed by atoms with Gasteiger partial charge in [0, 0.05) is 6.42 Å². The van der Waals surface area contributed by atoms with E-state index in [-0.39, 0.29) is 12.8 Å². The Kier molecular flexibility index (Phi) is 5.59. The Balaban J connectivity index is 3.36. The number of halogens is 9. The van der Waals surface area contributed by atoms with E-state index in [0.717, 1.165) is 7.11 Å². The van der Waals surface area contributed by atoms with Gasteiger partial charge in [-0.05, 0) is 12.8 Å². The maximum Gasteiger partial charge on any atom is 0.460 e. The van der Waals surface area contributed by atoms with Crippen LogP contribution in [-0.4, -0.2) is 44.8 Å². The van der Waals surface area contributed by atoms with Gasteiger partial charge in [-0.2, -0.15) is 47.9 Å². The molecule has 0 unspecified atom stereocenters. The Morgan fingerprint density at radius 3 is 1.85 bits per heavy atom. The molecule has 1 aliphatic carbocycles. The summed E-state index contributed by atoms with van der Waals surface area (Å²) in [5, 5.41) is -6.98. The lowest BCUT2D eigenvalue weighted by Crippen LogP contribution is -2.63. The fourth-order valence-corrected chi connectivity index (χ4v) is 2.85. The van der Waals surface area contributed by atoms with Crippen molar-refractivity contribution in [3.05, 3.63) is 11.3 Å². The highest BCUT2D eigenvalue weighted by atomic mass is 32.2. The van der Waals surface area contributed by atoms with Crippen LogP contribution in [-0.2, 0) is 23.8 Å². The number of rotatable bonds is 6. The maximum absolute atomic E-state index is 13.5. The van der Waals surface area contributed by atoms with Gasteiger partial charge >= 0.3 is 39.4 Å². The van der Waals surface area contributed by atoms with Crippen LogP contribution >= 0.6 is 0 Å². The topological polar surface area (TPSA) is 69.7 Å². The molecule has 1 rings (SSSR count). The minimum atomic E-state index is -7.40. The summed E-state index contributed by atoms with van der Waals surface area (Å²) in [6.45, 7) is 0. The third kappa shape index (κ3) is 3.32. The molecule has 0 aromatic rings. The molecule has 0 aliphatic heterocycles. The summed E-state index contributed by atoms with van der Waals surface area (Å²) in [4.78, 5) is 11.3. The van der Waals surface area contributed by atoms with Gasteiger partial charge in [-0.15, -0.1) is 0 Å². The van der Waals surface area contributed by atoms with E-state index >= 15 is 0 Å². The highest BCUT2D eigenvalue weighted by Gasteiger charge is 2.86. The summed E-state index contributed by atoms with van der Waals surface area (Å²) in [6, 6.07) is 0. The first-order chi connectivity index (χ1) is 11.4. The van der Waals surface area contributed by atoms with Gasteiger partial charge < -0.3 is 8.92 Å². The predicted molar refractivity (Wildman–Crippen MR) is 63.8 cm³/mol. The zero-order chi connectivity index (χ0) is 20.8. The first-order valence-electron chi connectivity index (χ1n) is 6.38. The van der Waals surface area contributed by atoms with Crippen LogP contribution in [0.5, 0.6) is 0 Å². The van der Waals surface area contributed by atoms with E-state index in [4.69, 9.17) is 0 Å². The minimum absolute atomic E-state index is 0.0735. The van der Waals surface area contributed by atoms with E-state index in [9.17, 15) is 52.7 Å². The van der Waals surface area contributed by atoms with Gasteiger partial charge in [0.05, 0.1) is 12.7 Å². The third-order valence-electron chi connectivity index (χ3n) is 3.24. The number of methoxy groups -OCH3 is 1. The van der Waals surface area contributed by atoms with E-state index in [1.807, 2.05) is 0 Å². The standard InChI is InChI=1S/C11H9F9O5S/c1-24-7(21)5-3-2-4-6(5)25-26(22,23)11(19,20)9(14,15)8(12,13)10(16,17)18/h2-4H2,1H3. The Hall–Kier alpha value is -1.67. The first-order valence-corrected chi connectivity index (χ1v) is 7.79. The molecule has 0 bridgehead atoms. The van der Waals surface area contributed by atoms with Crippen LogP contribution in [0.25, 0.3) is 0 Å². The van der Waals surface area contributed by atoms with Crippen LogP contribution in [0.15, 0.2) is 11.3 Å². The van der Waals surface area contributed by atoms with Gasteiger partial charge in [0.1, 0.15) is 5.76 Å². The lowest BCUT2D eigenvalue weighted by atomic mass is 10.1. The molecular formula is C11H9F9O5S. The highest BCUT2D eigenvalue weighted by molar-refractivity contribution is 7.88. The molecular weight excluding hydrogens is 415 g/mol. The van der Waals surface area contributed by atoms with Crippen molar-refractivity contribution in [1.29, 1.82) is 0 Å². The summed E-state index contributed by atoms with van der Waals surface area (Å²) < 4.78 is 145. The summed E-state index contributed by atoms with van der Waals surface area (Å²) in [7, 11) is -6.25. The molecule has 0 atom stereocenters. The van der Waals surface area contributed by atoms with Gasteiger partial charge in [0.15, 0.2) is 0 Å². The van der Waals surface area contributed by atoms with Crippen molar-refractivity contribution in [2.75, 3.05) is 7.11 Å². The number of ether oxygens (including phenoxy) is 1. The van der Waals surface area contributed by atoms with Crippen molar-refractivity contribution in [2.24, 2.45) is 0 Å². The van der Waals surface area contributed by atoms with Crippen molar-refractivity contribution < 1.29 is 61.6 Å². The molecule has 0 spiro atoms. The first kappa shape index (κ1) is 22.4. The summed E-state index contributed by atoms with van der Waals surface area (Å²) >= 11 is 0. The molecule has 0 heterocycles. The molecule has 1 aliphatic rings. The van der Waals surface area contributed by atoms with Crippen molar-refractivity contribution in [1.82, 2.24) is 0 Å². The van der Waals surface area contributed by atoms with E-state index < -0.39 is 57.1 Å². The molecule has 0 aromatic heterocycles. The Labute approximate surface area is 139 Å². The average molecular weight is 424 g/mol. The van der Waals surface area contributed by atoms with Crippen LogP contribution in [0, 0.1) is 0 Å². The van der Waals surface area contributed by atoms with E-state index in [1.165, 1.54) is 0 Å². The molecule has 0 amide bonds. The van der Waals surface area contributed by atoms with Gasteiger partial charge in [-0.1, -0.05) is 0 Å². The molecule has 0 radical (unpaired) electrons. The third-order valence-corrected chi connectivity index (χ3v) is 4.54. The van der Waals surface area contributed by atoms with Crippen LogP contribution < -0.4 is 0 Å². The molecule has 5 nitrogen and oxygen atoms in total. The number of alkyl halides is 9. The molecule has 15 heteroatoms. The zero-order valence-electron chi connectivity index (χ0n) is 12.5. The quantitative estimate of drug-likeness (QED) is 0.372. The van der Waals surface area contributed by atoms with E-state index in [0.29, 0.717) is 0 Å². The highest BCUT2D eigenvalue weighted by Crippen LogP contribution is 2.55. The van der Waals surface area contributed by atoms with Gasteiger partial charge in [0.2, 0.25) is 0 Å². The number of hydrogen-bond acceptors (Lipinski definition) is 5. The van der Waals surface area contributed by atoms with Crippen molar-refractivity contribution in [3.8, 4) is 0 Å². The van der Waals surface area contributed by atoms with Crippen molar-refractivity contribution in [2.45, 2.75) is 42.5 Å². The fourth-order valence-electron chi connectivity index (χ4n) is 1.85. The van der Waals surface area contributed by atoms with Crippen LogP contribution in [0.3, 0.4) is 0 Å². The van der Waals surface area contributed by atoms with Gasteiger partial charge in [-0.3, -0.25) is 0 Å². The van der Waals surface area contributed by atoms with Crippen LogP contribution in [0.4, 0.5) is 39.5 Å². The maximum atomic E-state index is 13.5. The van der Waals surface area contributed by atoms with Crippen LogP contribution in [0.2, 0.25) is 0 Å². The zero-order valence-corrected chi connectivity index (χ0v) is 13.3. The average Bonchev–Trinajstić information content (AvgIpc) is 2.91. The Bertz CT molecular complexity index is 708.